The zero-order valence-electron chi connectivity index (χ0n) is 9.67. The van der Waals surface area contributed by atoms with Crippen molar-refractivity contribution in [3.63, 3.8) is 0 Å². The fourth-order valence-electron chi connectivity index (χ4n) is 1.36. The number of pyridine rings is 1. The summed E-state index contributed by atoms with van der Waals surface area (Å²) in [6.45, 7) is 5.51. The molecule has 0 saturated heterocycles. The van der Waals surface area contributed by atoms with E-state index in [2.05, 4.69) is 4.98 Å². The fourth-order valence-corrected chi connectivity index (χ4v) is 1.36. The van der Waals surface area contributed by atoms with Gasteiger partial charge in [-0.3, -0.25) is 15.1 Å². The monoisotopic (exact) mass is 224 g/mol. The molecule has 0 aliphatic rings. The van der Waals surface area contributed by atoms with Gasteiger partial charge in [0.25, 0.3) is 5.69 Å². The van der Waals surface area contributed by atoms with Crippen LogP contribution in [0.25, 0.3) is 0 Å². The zero-order chi connectivity index (χ0) is 12.3. The Bertz CT molecular complexity index is 391. The predicted octanol–water partition coefficient (Wildman–Crippen LogP) is 1.86. The highest BCUT2D eigenvalue weighted by Crippen LogP contribution is 2.18. The summed E-state index contributed by atoms with van der Waals surface area (Å²) in [6.07, 6.45) is 1.21. The molecule has 0 fully saturated rings. The summed E-state index contributed by atoms with van der Waals surface area (Å²) >= 11 is 0. The van der Waals surface area contributed by atoms with E-state index < -0.39 is 11.0 Å². The summed E-state index contributed by atoms with van der Waals surface area (Å²) in [5, 5.41) is 20.3. The van der Waals surface area contributed by atoms with E-state index in [9.17, 15) is 15.2 Å². The zero-order valence-corrected chi connectivity index (χ0v) is 9.67. The summed E-state index contributed by atoms with van der Waals surface area (Å²) in [4.78, 5) is 14.1. The van der Waals surface area contributed by atoms with Crippen LogP contribution in [-0.2, 0) is 6.42 Å². The highest BCUT2D eigenvalue weighted by molar-refractivity contribution is 5.37. The molecule has 16 heavy (non-hydrogen) atoms. The van der Waals surface area contributed by atoms with Gasteiger partial charge in [0.1, 0.15) is 6.20 Å². The molecule has 0 aromatic carbocycles. The van der Waals surface area contributed by atoms with E-state index in [1.165, 1.54) is 6.20 Å². The lowest BCUT2D eigenvalue weighted by Gasteiger charge is -2.13. The minimum absolute atomic E-state index is 0.0165. The fraction of sp³-hybridized carbons (Fsp3) is 0.545. The molecule has 0 radical (unpaired) electrons. The second-order valence-electron chi connectivity index (χ2n) is 4.23. The molecule has 5 nitrogen and oxygen atoms in total. The number of nitrogens with zero attached hydrogens (tertiary/aromatic N) is 2. The lowest BCUT2D eigenvalue weighted by atomic mass is 10.0. The number of rotatable bonds is 4. The Kier molecular flexibility index (Phi) is 3.95. The molecule has 1 N–H and O–H groups in total. The van der Waals surface area contributed by atoms with Gasteiger partial charge in [0, 0.05) is 17.7 Å². The van der Waals surface area contributed by atoms with E-state index in [4.69, 9.17) is 0 Å². The first kappa shape index (κ1) is 12.6. The minimum Gasteiger partial charge on any atom is -0.392 e. The SMILES string of the molecule is Cc1cc(CC(O)C(C)C)ncc1[N+](=O)[O-]. The lowest BCUT2D eigenvalue weighted by molar-refractivity contribution is -0.385. The number of hydrogen-bond acceptors (Lipinski definition) is 4. The predicted molar refractivity (Wildman–Crippen MR) is 60.2 cm³/mol. The van der Waals surface area contributed by atoms with Gasteiger partial charge in [-0.1, -0.05) is 13.8 Å². The van der Waals surface area contributed by atoms with Crippen LogP contribution >= 0.6 is 0 Å². The smallest absolute Gasteiger partial charge is 0.290 e. The summed E-state index contributed by atoms with van der Waals surface area (Å²) < 4.78 is 0. The number of aliphatic hydroxyl groups is 1. The average molecular weight is 224 g/mol. The molecule has 1 unspecified atom stereocenters. The van der Waals surface area contributed by atoms with Gasteiger partial charge in [0.15, 0.2) is 0 Å². The number of hydrogen-bond donors (Lipinski definition) is 1. The molecule has 0 bridgehead atoms. The molecule has 0 saturated carbocycles. The molecular weight excluding hydrogens is 208 g/mol. The summed E-state index contributed by atoms with van der Waals surface area (Å²) in [5.74, 6) is 0.150. The van der Waals surface area contributed by atoms with Crippen LogP contribution in [0.5, 0.6) is 0 Å². The maximum Gasteiger partial charge on any atom is 0.290 e. The van der Waals surface area contributed by atoms with Crippen LogP contribution in [0.1, 0.15) is 25.1 Å². The second-order valence-corrected chi connectivity index (χ2v) is 4.23. The number of aryl methyl sites for hydroxylation is 1. The van der Waals surface area contributed by atoms with Crippen LogP contribution in [0, 0.1) is 23.0 Å². The molecule has 5 heteroatoms. The van der Waals surface area contributed by atoms with Gasteiger partial charge >= 0.3 is 0 Å². The van der Waals surface area contributed by atoms with Crippen LogP contribution in [-0.4, -0.2) is 21.1 Å². The third-order valence-electron chi connectivity index (χ3n) is 2.52. The molecule has 1 atom stereocenters. The quantitative estimate of drug-likeness (QED) is 0.625. The van der Waals surface area contributed by atoms with Crippen molar-refractivity contribution < 1.29 is 10.0 Å². The van der Waals surface area contributed by atoms with E-state index in [0.717, 1.165) is 0 Å². The first-order valence-corrected chi connectivity index (χ1v) is 5.19. The normalized spacial score (nSPS) is 12.8. The Hall–Kier alpha value is -1.49. The van der Waals surface area contributed by atoms with Crippen molar-refractivity contribution in [1.29, 1.82) is 0 Å². The maximum absolute atomic E-state index is 10.6. The van der Waals surface area contributed by atoms with Crippen molar-refractivity contribution in [2.75, 3.05) is 0 Å². The van der Waals surface area contributed by atoms with E-state index in [0.29, 0.717) is 17.7 Å². The number of aliphatic hydroxyl groups excluding tert-OH is 1. The van der Waals surface area contributed by atoms with Gasteiger partial charge in [0.05, 0.1) is 11.0 Å². The van der Waals surface area contributed by atoms with Gasteiger partial charge in [-0.15, -0.1) is 0 Å². The largest absolute Gasteiger partial charge is 0.392 e. The first-order chi connectivity index (χ1) is 7.41. The molecule has 0 spiro atoms. The standard InChI is InChI=1S/C11H16N2O3/c1-7(2)11(14)5-9-4-8(3)10(6-12-9)13(15)16/h4,6-7,11,14H,5H2,1-3H3. The Labute approximate surface area is 94.3 Å². The van der Waals surface area contributed by atoms with Crippen LogP contribution < -0.4 is 0 Å². The van der Waals surface area contributed by atoms with Crippen LogP contribution in [0.3, 0.4) is 0 Å². The van der Waals surface area contributed by atoms with Crippen LogP contribution in [0.2, 0.25) is 0 Å². The average Bonchev–Trinajstić information content (AvgIpc) is 2.16. The molecule has 1 aromatic heterocycles. The highest BCUT2D eigenvalue weighted by atomic mass is 16.6. The van der Waals surface area contributed by atoms with Crippen molar-refractivity contribution in [3.8, 4) is 0 Å². The Morgan fingerprint density at radius 3 is 2.62 bits per heavy atom. The first-order valence-electron chi connectivity index (χ1n) is 5.19. The van der Waals surface area contributed by atoms with Gasteiger partial charge in [-0.2, -0.15) is 0 Å². The van der Waals surface area contributed by atoms with Crippen molar-refractivity contribution in [2.24, 2.45) is 5.92 Å². The van der Waals surface area contributed by atoms with Crippen LogP contribution in [0.15, 0.2) is 12.3 Å². The summed E-state index contributed by atoms with van der Waals surface area (Å²) in [5.41, 5.74) is 1.28. The molecule has 1 rings (SSSR count). The van der Waals surface area contributed by atoms with Gasteiger partial charge < -0.3 is 5.11 Å². The van der Waals surface area contributed by atoms with Crippen molar-refractivity contribution in [1.82, 2.24) is 4.98 Å². The Balaban J connectivity index is 2.85. The van der Waals surface area contributed by atoms with Crippen molar-refractivity contribution in [2.45, 2.75) is 33.3 Å². The third-order valence-corrected chi connectivity index (χ3v) is 2.52. The number of aromatic nitrogens is 1. The molecule has 0 aliphatic heterocycles. The molecule has 1 heterocycles. The summed E-state index contributed by atoms with van der Waals surface area (Å²) in [7, 11) is 0. The number of nitro groups is 1. The van der Waals surface area contributed by atoms with E-state index in [1.807, 2.05) is 13.8 Å². The van der Waals surface area contributed by atoms with E-state index >= 15 is 0 Å². The second kappa shape index (κ2) is 5.03. The van der Waals surface area contributed by atoms with Crippen molar-refractivity contribution in [3.05, 3.63) is 33.6 Å². The topological polar surface area (TPSA) is 76.3 Å². The van der Waals surface area contributed by atoms with E-state index in [1.54, 1.807) is 13.0 Å². The molecular formula is C11H16N2O3. The van der Waals surface area contributed by atoms with Gasteiger partial charge in [0.2, 0.25) is 0 Å². The minimum atomic E-state index is -0.464. The Morgan fingerprint density at radius 1 is 1.56 bits per heavy atom. The third kappa shape index (κ3) is 3.00. The van der Waals surface area contributed by atoms with E-state index in [-0.39, 0.29) is 11.6 Å². The molecule has 1 aromatic rings. The molecule has 0 aliphatic carbocycles. The van der Waals surface area contributed by atoms with Gasteiger partial charge in [-0.05, 0) is 18.9 Å². The van der Waals surface area contributed by atoms with Crippen molar-refractivity contribution >= 4 is 5.69 Å². The molecule has 88 valence electrons. The van der Waals surface area contributed by atoms with Crippen LogP contribution in [0.4, 0.5) is 5.69 Å². The highest BCUT2D eigenvalue weighted by Gasteiger charge is 2.15. The van der Waals surface area contributed by atoms with Gasteiger partial charge in [-0.25, -0.2) is 0 Å². The lowest BCUT2D eigenvalue weighted by Crippen LogP contribution is -2.18. The maximum atomic E-state index is 10.6. The Morgan fingerprint density at radius 2 is 2.19 bits per heavy atom. The summed E-state index contributed by atoms with van der Waals surface area (Å²) in [6, 6.07) is 1.66. The molecule has 0 amide bonds.